The van der Waals surface area contributed by atoms with E-state index in [1.54, 1.807) is 0 Å². The van der Waals surface area contributed by atoms with E-state index in [1.807, 2.05) is 0 Å². The molecule has 11 rings (SSSR count). The molecule has 246 valence electrons. The Morgan fingerprint density at radius 2 is 0.981 bits per heavy atom. The minimum absolute atomic E-state index is 1.02. The first-order chi connectivity index (χ1) is 25.7. The van der Waals surface area contributed by atoms with Crippen molar-refractivity contribution in [2.75, 3.05) is 4.90 Å². The van der Waals surface area contributed by atoms with Crippen LogP contribution in [0.4, 0.5) is 17.1 Å². The predicted octanol–water partition coefficient (Wildman–Crippen LogP) is 13.5. The Hall–Kier alpha value is -6.38. The fourth-order valence-corrected chi connectivity index (χ4v) is 8.87. The van der Waals surface area contributed by atoms with Gasteiger partial charge in [0.25, 0.3) is 0 Å². The number of aromatic nitrogens is 1. The number of hydrogen-bond donors (Lipinski definition) is 0. The second-order valence-electron chi connectivity index (χ2n) is 14.5. The molecule has 0 spiro atoms. The van der Waals surface area contributed by atoms with Gasteiger partial charge in [0, 0.05) is 33.5 Å². The maximum atomic E-state index is 2.42. The Kier molecular flexibility index (Phi) is 6.54. The summed E-state index contributed by atoms with van der Waals surface area (Å²) in [7, 11) is 0. The lowest BCUT2D eigenvalue weighted by molar-refractivity contribution is 1.18. The summed E-state index contributed by atoms with van der Waals surface area (Å²) >= 11 is 0. The molecule has 2 nitrogen and oxygen atoms in total. The van der Waals surface area contributed by atoms with Crippen molar-refractivity contribution in [1.29, 1.82) is 0 Å². The number of allylic oxidation sites excluding steroid dienone is 12. The third-order valence-corrected chi connectivity index (χ3v) is 11.5. The first-order valence-corrected chi connectivity index (χ1v) is 18.5. The number of hydrogen-bond acceptors (Lipinski definition) is 1. The molecule has 4 aliphatic rings. The number of rotatable bonds is 6. The topological polar surface area (TPSA) is 8.17 Å². The van der Waals surface area contributed by atoms with E-state index in [0.717, 1.165) is 42.7 Å². The molecule has 1 aromatic heterocycles. The molecule has 0 amide bonds. The number of fused-ring (bicyclic) bond motifs is 4. The van der Waals surface area contributed by atoms with Gasteiger partial charge >= 0.3 is 0 Å². The molecule has 2 heteroatoms. The highest BCUT2D eigenvalue weighted by atomic mass is 15.1. The van der Waals surface area contributed by atoms with Gasteiger partial charge in [-0.3, -0.25) is 0 Å². The van der Waals surface area contributed by atoms with Gasteiger partial charge in [-0.1, -0.05) is 103 Å². The normalized spacial score (nSPS) is 16.1. The van der Waals surface area contributed by atoms with Crippen LogP contribution in [0.15, 0.2) is 192 Å². The second kappa shape index (κ2) is 11.6. The van der Waals surface area contributed by atoms with Crippen molar-refractivity contribution >= 4 is 60.8 Å². The van der Waals surface area contributed by atoms with E-state index >= 15 is 0 Å². The lowest BCUT2D eigenvalue weighted by atomic mass is 10.0. The average molecular weight is 665 g/mol. The molecule has 0 fully saturated rings. The molecule has 0 saturated carbocycles. The highest BCUT2D eigenvalue weighted by molar-refractivity contribution is 6.14. The van der Waals surface area contributed by atoms with E-state index in [2.05, 4.69) is 179 Å². The quantitative estimate of drug-likeness (QED) is 0.172. The van der Waals surface area contributed by atoms with Crippen LogP contribution < -0.4 is 4.90 Å². The summed E-state index contributed by atoms with van der Waals surface area (Å²) in [6, 6.07) is 49.6. The van der Waals surface area contributed by atoms with Crippen LogP contribution in [0.25, 0.3) is 49.4 Å². The van der Waals surface area contributed by atoms with Crippen molar-refractivity contribution in [3.63, 3.8) is 0 Å². The Balaban J connectivity index is 1.05. The van der Waals surface area contributed by atoms with E-state index in [4.69, 9.17) is 0 Å². The van der Waals surface area contributed by atoms with Gasteiger partial charge in [0.1, 0.15) is 0 Å². The molecule has 0 saturated heterocycles. The Morgan fingerprint density at radius 1 is 0.442 bits per heavy atom. The van der Waals surface area contributed by atoms with Gasteiger partial charge in [-0.15, -0.1) is 0 Å². The Morgan fingerprint density at radius 3 is 1.58 bits per heavy atom. The number of benzene rings is 6. The summed E-state index contributed by atoms with van der Waals surface area (Å²) in [5, 5.41) is 5.01. The third kappa shape index (κ3) is 4.72. The van der Waals surface area contributed by atoms with E-state index in [-0.39, 0.29) is 0 Å². The van der Waals surface area contributed by atoms with Crippen LogP contribution >= 0.6 is 0 Å². The van der Waals surface area contributed by atoms with Gasteiger partial charge in [0.15, 0.2) is 0 Å². The average Bonchev–Trinajstić information content (AvgIpc) is 4.02. The molecule has 52 heavy (non-hydrogen) atoms. The number of para-hydroxylation sites is 1. The van der Waals surface area contributed by atoms with Gasteiger partial charge in [-0.05, 0) is 148 Å². The minimum atomic E-state index is 1.02. The van der Waals surface area contributed by atoms with Crippen LogP contribution in [0, 0.1) is 0 Å². The Bertz CT molecular complexity index is 2700. The summed E-state index contributed by atoms with van der Waals surface area (Å²) in [4.78, 5) is 2.42. The first-order valence-electron chi connectivity index (χ1n) is 18.5. The molecular formula is C50H36N2. The van der Waals surface area contributed by atoms with Crippen LogP contribution in [0.2, 0.25) is 0 Å². The predicted molar refractivity (Wildman–Crippen MR) is 220 cm³/mol. The van der Waals surface area contributed by atoms with Gasteiger partial charge < -0.3 is 9.47 Å². The number of nitrogens with zero attached hydrogens (tertiary/aromatic N) is 2. The molecule has 0 N–H and O–H groups in total. The van der Waals surface area contributed by atoms with E-state index in [1.165, 1.54) is 82.8 Å². The van der Waals surface area contributed by atoms with Crippen LogP contribution in [-0.4, -0.2) is 4.57 Å². The van der Waals surface area contributed by atoms with Crippen molar-refractivity contribution < 1.29 is 0 Å². The molecule has 6 aromatic carbocycles. The zero-order valence-corrected chi connectivity index (χ0v) is 28.9. The van der Waals surface area contributed by atoms with Gasteiger partial charge in [0.05, 0.1) is 11.0 Å². The van der Waals surface area contributed by atoms with Gasteiger partial charge in [-0.25, -0.2) is 0 Å². The first kappa shape index (κ1) is 29.4. The molecule has 0 atom stereocenters. The fourth-order valence-electron chi connectivity index (χ4n) is 8.87. The van der Waals surface area contributed by atoms with Crippen molar-refractivity contribution in [1.82, 2.24) is 4.57 Å². The fraction of sp³-hybridized carbons (Fsp3) is 0.0800. The SMILES string of the molecule is C1=CC2=C(C=C(c3ccc(N(c4ccc(C5=CC6=C(C=CC6)C5)cc4)c4ccc5c(c4)c4cc6ccccc6cc4n5-c4ccccc4)cc3)C2)C1. The summed E-state index contributed by atoms with van der Waals surface area (Å²) in [5.74, 6) is 0. The lowest BCUT2D eigenvalue weighted by Crippen LogP contribution is -2.10. The molecule has 0 bridgehead atoms. The summed E-state index contributed by atoms with van der Waals surface area (Å²) < 4.78 is 2.42. The molecule has 7 aromatic rings. The van der Waals surface area contributed by atoms with Crippen molar-refractivity contribution in [3.05, 3.63) is 203 Å². The maximum Gasteiger partial charge on any atom is 0.0547 e. The minimum Gasteiger partial charge on any atom is -0.310 e. The lowest BCUT2D eigenvalue weighted by Gasteiger charge is -2.26. The summed E-state index contributed by atoms with van der Waals surface area (Å²) in [6.45, 7) is 0. The molecule has 0 radical (unpaired) electrons. The van der Waals surface area contributed by atoms with Gasteiger partial charge in [0.2, 0.25) is 0 Å². The zero-order valence-electron chi connectivity index (χ0n) is 28.9. The maximum absolute atomic E-state index is 2.42. The largest absolute Gasteiger partial charge is 0.310 e. The molecular weight excluding hydrogens is 629 g/mol. The Labute approximate surface area is 304 Å². The van der Waals surface area contributed by atoms with E-state index in [0.29, 0.717) is 0 Å². The highest BCUT2D eigenvalue weighted by Crippen LogP contribution is 2.44. The smallest absolute Gasteiger partial charge is 0.0547 e. The van der Waals surface area contributed by atoms with Crippen molar-refractivity contribution in [2.45, 2.75) is 25.7 Å². The third-order valence-electron chi connectivity index (χ3n) is 11.5. The van der Waals surface area contributed by atoms with Crippen molar-refractivity contribution in [2.24, 2.45) is 0 Å². The molecule has 0 aliphatic heterocycles. The van der Waals surface area contributed by atoms with E-state index in [9.17, 15) is 0 Å². The standard InChI is InChI=1S/C50H36N2/c1-2-14-43(15-3-1)52-49-25-24-46(32-48(49)47-30-39-8-4-5-9-40(39)31-50(47)52)51(44-20-16-33(17-21-44)41-26-35-10-6-11-36(35)27-41)45-22-18-34(19-23-45)42-28-37-12-7-13-38(37)29-42/h1-10,12,14-25,27,29-32H,11,13,26,28H2. The summed E-state index contributed by atoms with van der Waals surface area (Å²) in [6.07, 6.45) is 18.1. The molecule has 0 unspecified atom stereocenters. The van der Waals surface area contributed by atoms with Crippen molar-refractivity contribution in [3.8, 4) is 5.69 Å². The summed E-state index contributed by atoms with van der Waals surface area (Å²) in [5.41, 5.74) is 18.4. The highest BCUT2D eigenvalue weighted by Gasteiger charge is 2.22. The van der Waals surface area contributed by atoms with Crippen LogP contribution in [0.5, 0.6) is 0 Å². The number of anilines is 3. The van der Waals surface area contributed by atoms with Crippen LogP contribution in [-0.2, 0) is 0 Å². The zero-order chi connectivity index (χ0) is 34.2. The van der Waals surface area contributed by atoms with E-state index < -0.39 is 0 Å². The van der Waals surface area contributed by atoms with Crippen LogP contribution in [0.3, 0.4) is 0 Å². The van der Waals surface area contributed by atoms with Gasteiger partial charge in [-0.2, -0.15) is 0 Å². The van der Waals surface area contributed by atoms with Crippen LogP contribution in [0.1, 0.15) is 36.8 Å². The second-order valence-corrected chi connectivity index (χ2v) is 14.5. The monoisotopic (exact) mass is 664 g/mol. The molecule has 1 heterocycles. The molecule has 4 aliphatic carbocycles.